The quantitative estimate of drug-likeness (QED) is 0.300. The van der Waals surface area contributed by atoms with Crippen molar-refractivity contribution in [3.63, 3.8) is 0 Å². The van der Waals surface area contributed by atoms with Gasteiger partial charge in [-0.15, -0.1) is 0 Å². The van der Waals surface area contributed by atoms with Crippen molar-refractivity contribution in [2.45, 2.75) is 58.3 Å². The maximum atomic E-state index is 10.00. The van der Waals surface area contributed by atoms with Gasteiger partial charge in [0.2, 0.25) is 0 Å². The first-order chi connectivity index (χ1) is 6.41. The molecule has 0 spiro atoms. The molecule has 1 heteroatoms. The van der Waals surface area contributed by atoms with Crippen LogP contribution in [0.3, 0.4) is 0 Å². The molecule has 0 unspecified atom stereocenters. The Kier molecular flexibility index (Phi) is 10.9. The van der Waals surface area contributed by atoms with Crippen LogP contribution in [0.1, 0.15) is 58.3 Å². The lowest BCUT2D eigenvalue weighted by Gasteiger charge is -1.93. The van der Waals surface area contributed by atoms with E-state index in [0.29, 0.717) is 0 Å². The molecule has 0 aliphatic carbocycles. The molecule has 0 fully saturated rings. The van der Waals surface area contributed by atoms with Crippen molar-refractivity contribution >= 4 is 6.29 Å². The second kappa shape index (κ2) is 11.4. The first-order valence-corrected chi connectivity index (χ1v) is 5.50. The summed E-state index contributed by atoms with van der Waals surface area (Å²) in [6.45, 7) is 2.22. The van der Waals surface area contributed by atoms with Crippen molar-refractivity contribution in [2.24, 2.45) is 0 Å². The average molecular weight is 182 g/mol. The zero-order valence-corrected chi connectivity index (χ0v) is 8.80. The molecule has 0 amide bonds. The second-order valence-electron chi connectivity index (χ2n) is 3.42. The SMILES string of the molecule is CCCC/C=C\CCCCCC=O. The van der Waals surface area contributed by atoms with Crippen LogP contribution in [0.15, 0.2) is 12.2 Å². The Morgan fingerprint density at radius 1 is 0.846 bits per heavy atom. The van der Waals surface area contributed by atoms with E-state index in [0.717, 1.165) is 19.1 Å². The molecule has 1 nitrogen and oxygen atoms in total. The van der Waals surface area contributed by atoms with Gasteiger partial charge in [0.1, 0.15) is 6.29 Å². The maximum Gasteiger partial charge on any atom is 0.119 e. The van der Waals surface area contributed by atoms with E-state index >= 15 is 0 Å². The van der Waals surface area contributed by atoms with Crippen molar-refractivity contribution in [1.29, 1.82) is 0 Å². The summed E-state index contributed by atoms with van der Waals surface area (Å²) in [4.78, 5) is 10.00. The Balaban J connectivity index is 2.97. The second-order valence-corrected chi connectivity index (χ2v) is 3.42. The molecule has 13 heavy (non-hydrogen) atoms. The standard InChI is InChI=1S/C12H22O/c1-2-3-4-5-6-7-8-9-10-11-12-13/h5-6,12H,2-4,7-11H2,1H3/b6-5-. The van der Waals surface area contributed by atoms with Gasteiger partial charge in [0.25, 0.3) is 0 Å². The predicted molar refractivity (Wildman–Crippen MR) is 57.8 cm³/mol. The van der Waals surface area contributed by atoms with Crippen LogP contribution in [0.2, 0.25) is 0 Å². The molecule has 0 atom stereocenters. The van der Waals surface area contributed by atoms with Crippen LogP contribution in [0.5, 0.6) is 0 Å². The number of hydrogen-bond acceptors (Lipinski definition) is 1. The van der Waals surface area contributed by atoms with E-state index in [1.165, 1.54) is 38.5 Å². The third kappa shape index (κ3) is 11.4. The molecule has 0 heterocycles. The summed E-state index contributed by atoms with van der Waals surface area (Å²) in [6.07, 6.45) is 14.8. The molecule has 0 radical (unpaired) electrons. The predicted octanol–water partition coefficient (Wildman–Crippen LogP) is 3.88. The summed E-state index contributed by atoms with van der Waals surface area (Å²) in [5, 5.41) is 0. The van der Waals surface area contributed by atoms with Crippen molar-refractivity contribution in [1.82, 2.24) is 0 Å². The number of unbranched alkanes of at least 4 members (excludes halogenated alkanes) is 6. The van der Waals surface area contributed by atoms with Crippen LogP contribution in [0, 0.1) is 0 Å². The van der Waals surface area contributed by atoms with Gasteiger partial charge in [-0.3, -0.25) is 0 Å². The smallest absolute Gasteiger partial charge is 0.119 e. The molecule has 0 bridgehead atoms. The van der Waals surface area contributed by atoms with Crippen molar-refractivity contribution in [3.8, 4) is 0 Å². The number of hydrogen-bond donors (Lipinski definition) is 0. The number of aldehydes is 1. The van der Waals surface area contributed by atoms with Crippen LogP contribution in [0.25, 0.3) is 0 Å². The van der Waals surface area contributed by atoms with E-state index in [4.69, 9.17) is 0 Å². The summed E-state index contributed by atoms with van der Waals surface area (Å²) in [6, 6.07) is 0. The number of carbonyl (C=O) groups excluding carboxylic acids is 1. The maximum absolute atomic E-state index is 10.00. The van der Waals surface area contributed by atoms with Gasteiger partial charge in [0, 0.05) is 6.42 Å². The molecule has 0 saturated heterocycles. The van der Waals surface area contributed by atoms with Gasteiger partial charge in [-0.25, -0.2) is 0 Å². The highest BCUT2D eigenvalue weighted by molar-refractivity contribution is 5.48. The fourth-order valence-corrected chi connectivity index (χ4v) is 1.22. The topological polar surface area (TPSA) is 17.1 Å². The fraction of sp³-hybridized carbons (Fsp3) is 0.750. The molecule has 0 aromatic carbocycles. The lowest BCUT2D eigenvalue weighted by Crippen LogP contribution is -1.77. The number of rotatable bonds is 9. The van der Waals surface area contributed by atoms with E-state index < -0.39 is 0 Å². The molecule has 0 saturated carbocycles. The molecule has 0 rings (SSSR count). The van der Waals surface area contributed by atoms with Crippen LogP contribution >= 0.6 is 0 Å². The number of carbonyl (C=O) groups is 1. The third-order valence-corrected chi connectivity index (χ3v) is 2.08. The Bertz CT molecular complexity index is 127. The molecular formula is C12H22O. The summed E-state index contributed by atoms with van der Waals surface area (Å²) >= 11 is 0. The molecular weight excluding hydrogens is 160 g/mol. The fourth-order valence-electron chi connectivity index (χ4n) is 1.22. The molecule has 76 valence electrons. The molecule has 0 N–H and O–H groups in total. The van der Waals surface area contributed by atoms with Crippen molar-refractivity contribution in [3.05, 3.63) is 12.2 Å². The van der Waals surface area contributed by atoms with Crippen LogP contribution in [0.4, 0.5) is 0 Å². The van der Waals surface area contributed by atoms with E-state index in [1.807, 2.05) is 0 Å². The minimum Gasteiger partial charge on any atom is -0.303 e. The van der Waals surface area contributed by atoms with Gasteiger partial charge in [-0.2, -0.15) is 0 Å². The summed E-state index contributed by atoms with van der Waals surface area (Å²) in [7, 11) is 0. The highest BCUT2D eigenvalue weighted by Crippen LogP contribution is 2.03. The van der Waals surface area contributed by atoms with Crippen molar-refractivity contribution in [2.75, 3.05) is 0 Å². The number of allylic oxidation sites excluding steroid dienone is 2. The zero-order chi connectivity index (χ0) is 9.78. The van der Waals surface area contributed by atoms with Gasteiger partial charge in [-0.05, 0) is 25.7 Å². The molecule has 0 aromatic rings. The van der Waals surface area contributed by atoms with Crippen LogP contribution in [-0.4, -0.2) is 6.29 Å². The Hall–Kier alpha value is -0.590. The normalized spacial score (nSPS) is 10.8. The van der Waals surface area contributed by atoms with E-state index in [1.54, 1.807) is 0 Å². The lowest BCUT2D eigenvalue weighted by atomic mass is 10.1. The van der Waals surface area contributed by atoms with E-state index in [9.17, 15) is 4.79 Å². The molecule has 0 aliphatic rings. The van der Waals surface area contributed by atoms with E-state index in [-0.39, 0.29) is 0 Å². The van der Waals surface area contributed by atoms with Gasteiger partial charge in [-0.1, -0.05) is 38.3 Å². The highest BCUT2D eigenvalue weighted by Gasteiger charge is 1.86. The highest BCUT2D eigenvalue weighted by atomic mass is 16.1. The monoisotopic (exact) mass is 182 g/mol. The largest absolute Gasteiger partial charge is 0.303 e. The summed E-state index contributed by atoms with van der Waals surface area (Å²) in [5.41, 5.74) is 0. The van der Waals surface area contributed by atoms with Gasteiger partial charge in [0.15, 0.2) is 0 Å². The van der Waals surface area contributed by atoms with E-state index in [2.05, 4.69) is 19.1 Å². The van der Waals surface area contributed by atoms with Gasteiger partial charge >= 0.3 is 0 Å². The van der Waals surface area contributed by atoms with Gasteiger partial charge < -0.3 is 4.79 Å². The minimum atomic E-state index is 0.736. The lowest BCUT2D eigenvalue weighted by molar-refractivity contribution is -0.107. The third-order valence-electron chi connectivity index (χ3n) is 2.08. The Morgan fingerprint density at radius 3 is 2.08 bits per heavy atom. The first-order valence-electron chi connectivity index (χ1n) is 5.50. The zero-order valence-electron chi connectivity index (χ0n) is 8.80. The molecule has 0 aromatic heterocycles. The molecule has 0 aliphatic heterocycles. The van der Waals surface area contributed by atoms with Crippen molar-refractivity contribution < 1.29 is 4.79 Å². The van der Waals surface area contributed by atoms with Gasteiger partial charge in [0.05, 0.1) is 0 Å². The first kappa shape index (κ1) is 12.4. The Morgan fingerprint density at radius 2 is 1.46 bits per heavy atom. The minimum absolute atomic E-state index is 0.736. The summed E-state index contributed by atoms with van der Waals surface area (Å²) in [5.74, 6) is 0. The summed E-state index contributed by atoms with van der Waals surface area (Å²) < 4.78 is 0. The Labute approximate surface area is 82.2 Å². The average Bonchev–Trinajstić information content (AvgIpc) is 2.16. The van der Waals surface area contributed by atoms with Crippen LogP contribution < -0.4 is 0 Å². The van der Waals surface area contributed by atoms with Crippen LogP contribution in [-0.2, 0) is 4.79 Å².